The molecule has 0 atom stereocenters. The minimum atomic E-state index is -3.64. The highest BCUT2D eigenvalue weighted by Crippen LogP contribution is 2.26. The predicted molar refractivity (Wildman–Crippen MR) is 111 cm³/mol. The molecular weight excluding hydrogens is 400 g/mol. The van der Waals surface area contributed by atoms with Crippen LogP contribution in [0.15, 0.2) is 51.4 Å². The van der Waals surface area contributed by atoms with E-state index in [-0.39, 0.29) is 4.90 Å². The van der Waals surface area contributed by atoms with Gasteiger partial charge in [0.1, 0.15) is 5.01 Å². The van der Waals surface area contributed by atoms with Crippen LogP contribution in [0.2, 0.25) is 0 Å². The maximum Gasteiger partial charge on any atom is 0.238 e. The van der Waals surface area contributed by atoms with Crippen LogP contribution in [0.5, 0.6) is 0 Å². The molecule has 1 saturated heterocycles. The van der Waals surface area contributed by atoms with Crippen LogP contribution in [-0.4, -0.2) is 44.5 Å². The summed E-state index contributed by atoms with van der Waals surface area (Å²) in [6.45, 7) is 4.55. The third kappa shape index (κ3) is 4.39. The molecule has 0 aliphatic carbocycles. The fourth-order valence-electron chi connectivity index (χ4n) is 3.14. The minimum absolute atomic E-state index is 0.148. The topological polar surface area (TPSA) is 79.5 Å². The molecule has 142 valence electrons. The van der Waals surface area contributed by atoms with Crippen LogP contribution >= 0.6 is 22.7 Å². The molecule has 3 heterocycles. The van der Waals surface area contributed by atoms with E-state index in [1.807, 2.05) is 12.1 Å². The van der Waals surface area contributed by atoms with Crippen molar-refractivity contribution in [3.05, 3.63) is 52.2 Å². The fraction of sp³-hybridized carbons (Fsp3) is 0.278. The second kappa shape index (κ2) is 7.69. The third-order valence-corrected chi connectivity index (χ3v) is 7.16. The van der Waals surface area contributed by atoms with E-state index >= 15 is 0 Å². The van der Waals surface area contributed by atoms with Crippen molar-refractivity contribution in [2.24, 2.45) is 5.14 Å². The number of piperazine rings is 1. The molecule has 9 heteroatoms. The number of aromatic nitrogens is 1. The van der Waals surface area contributed by atoms with Gasteiger partial charge in [-0.15, -0.1) is 11.3 Å². The Morgan fingerprint density at radius 3 is 2.41 bits per heavy atom. The summed E-state index contributed by atoms with van der Waals surface area (Å²) in [6, 6.07) is 8.88. The van der Waals surface area contributed by atoms with Crippen LogP contribution in [-0.2, 0) is 16.6 Å². The highest BCUT2D eigenvalue weighted by atomic mass is 32.2. The Balaban J connectivity index is 1.34. The van der Waals surface area contributed by atoms with Gasteiger partial charge in [-0.05, 0) is 35.7 Å². The van der Waals surface area contributed by atoms with E-state index < -0.39 is 10.0 Å². The second-order valence-corrected chi connectivity index (χ2v) is 9.66. The number of nitrogens with two attached hydrogens (primary N) is 1. The normalized spacial score (nSPS) is 16.0. The molecule has 6 nitrogen and oxygen atoms in total. The Bertz CT molecular complexity index is 990. The van der Waals surface area contributed by atoms with Gasteiger partial charge in [0.25, 0.3) is 0 Å². The average molecular weight is 421 g/mol. The molecule has 0 amide bonds. The van der Waals surface area contributed by atoms with Crippen LogP contribution in [0.3, 0.4) is 0 Å². The zero-order chi connectivity index (χ0) is 18.9. The fourth-order valence-corrected chi connectivity index (χ4v) is 5.18. The number of thiazole rings is 1. The Hall–Kier alpha value is -1.78. The first-order valence-electron chi connectivity index (χ1n) is 8.56. The summed E-state index contributed by atoms with van der Waals surface area (Å²) >= 11 is 3.39. The summed E-state index contributed by atoms with van der Waals surface area (Å²) in [6.07, 6.45) is 0. The molecular formula is C18H20N4O2S3. The lowest BCUT2D eigenvalue weighted by Crippen LogP contribution is -2.46. The van der Waals surface area contributed by atoms with Crippen molar-refractivity contribution in [1.82, 2.24) is 9.88 Å². The zero-order valence-electron chi connectivity index (χ0n) is 14.6. The summed E-state index contributed by atoms with van der Waals surface area (Å²) < 4.78 is 22.7. The third-order valence-electron chi connectivity index (χ3n) is 4.61. The van der Waals surface area contributed by atoms with Gasteiger partial charge in [-0.1, -0.05) is 0 Å². The minimum Gasteiger partial charge on any atom is -0.369 e. The van der Waals surface area contributed by atoms with Crippen LogP contribution in [0.25, 0.3) is 10.6 Å². The van der Waals surface area contributed by atoms with E-state index in [0.29, 0.717) is 0 Å². The van der Waals surface area contributed by atoms with E-state index in [0.717, 1.165) is 49.1 Å². The highest BCUT2D eigenvalue weighted by molar-refractivity contribution is 7.89. The lowest BCUT2D eigenvalue weighted by Gasteiger charge is -2.35. The molecule has 1 aliphatic rings. The second-order valence-electron chi connectivity index (χ2n) is 6.46. The molecule has 1 aromatic carbocycles. The van der Waals surface area contributed by atoms with E-state index in [4.69, 9.17) is 10.1 Å². The van der Waals surface area contributed by atoms with Crippen LogP contribution in [0.1, 0.15) is 5.69 Å². The monoisotopic (exact) mass is 420 g/mol. The maximum atomic E-state index is 11.4. The van der Waals surface area contributed by atoms with Gasteiger partial charge >= 0.3 is 0 Å². The van der Waals surface area contributed by atoms with Crippen molar-refractivity contribution in [1.29, 1.82) is 0 Å². The number of thiophene rings is 1. The van der Waals surface area contributed by atoms with Gasteiger partial charge < -0.3 is 4.90 Å². The summed E-state index contributed by atoms with van der Waals surface area (Å²) in [5.74, 6) is 0. The molecule has 1 fully saturated rings. The van der Waals surface area contributed by atoms with E-state index in [1.54, 1.807) is 34.8 Å². The van der Waals surface area contributed by atoms with Crippen molar-refractivity contribution in [2.75, 3.05) is 31.1 Å². The van der Waals surface area contributed by atoms with Gasteiger partial charge in [0.2, 0.25) is 10.0 Å². The van der Waals surface area contributed by atoms with Crippen molar-refractivity contribution in [3.63, 3.8) is 0 Å². The van der Waals surface area contributed by atoms with Gasteiger partial charge in [-0.3, -0.25) is 4.90 Å². The van der Waals surface area contributed by atoms with Crippen LogP contribution in [0, 0.1) is 0 Å². The summed E-state index contributed by atoms with van der Waals surface area (Å²) in [5.41, 5.74) is 3.34. The van der Waals surface area contributed by atoms with Crippen molar-refractivity contribution in [2.45, 2.75) is 11.4 Å². The SMILES string of the molecule is NS(=O)(=O)c1ccc(N2CCN(Cc3csc(-c4ccsc4)n3)CC2)cc1. The number of nitrogens with zero attached hydrogens (tertiary/aromatic N) is 3. The van der Waals surface area contributed by atoms with Crippen molar-refractivity contribution < 1.29 is 8.42 Å². The van der Waals surface area contributed by atoms with Crippen molar-refractivity contribution >= 4 is 38.4 Å². The molecule has 1 aliphatic heterocycles. The molecule has 0 unspecified atom stereocenters. The number of benzene rings is 1. The Morgan fingerprint density at radius 2 is 1.78 bits per heavy atom. The van der Waals surface area contributed by atoms with E-state index in [2.05, 4.69) is 32.0 Å². The molecule has 0 radical (unpaired) electrons. The first-order valence-corrected chi connectivity index (χ1v) is 11.9. The van der Waals surface area contributed by atoms with Crippen LogP contribution < -0.4 is 10.0 Å². The molecule has 4 rings (SSSR count). The first-order chi connectivity index (χ1) is 13.0. The molecule has 0 saturated carbocycles. The largest absolute Gasteiger partial charge is 0.369 e. The standard InChI is InChI=1S/C18H20N4O2S3/c19-27(23,24)17-3-1-16(2-4-17)22-8-6-21(7-9-22)11-15-13-26-18(20-15)14-5-10-25-12-14/h1-5,10,12-13H,6-9,11H2,(H2,19,23,24). The Labute approximate surface area is 166 Å². The van der Waals surface area contributed by atoms with Gasteiger partial charge in [0.15, 0.2) is 0 Å². The molecule has 0 spiro atoms. The predicted octanol–water partition coefficient (Wildman–Crippen LogP) is 2.84. The average Bonchev–Trinajstić information content (AvgIpc) is 3.33. The lowest BCUT2D eigenvalue weighted by molar-refractivity contribution is 0.247. The van der Waals surface area contributed by atoms with Gasteiger partial charge in [-0.2, -0.15) is 11.3 Å². The molecule has 0 bridgehead atoms. The molecule has 2 N–H and O–H groups in total. The van der Waals surface area contributed by atoms with Gasteiger partial charge in [-0.25, -0.2) is 18.5 Å². The molecule has 3 aromatic rings. The first kappa shape index (κ1) is 18.6. The number of hydrogen-bond donors (Lipinski definition) is 1. The molecule has 27 heavy (non-hydrogen) atoms. The smallest absolute Gasteiger partial charge is 0.238 e. The number of rotatable bonds is 5. The Kier molecular flexibility index (Phi) is 5.29. The number of primary sulfonamides is 1. The van der Waals surface area contributed by atoms with E-state index in [1.165, 1.54) is 5.56 Å². The lowest BCUT2D eigenvalue weighted by atomic mass is 10.2. The maximum absolute atomic E-state index is 11.4. The number of anilines is 1. The van der Waals surface area contributed by atoms with Crippen molar-refractivity contribution in [3.8, 4) is 10.6 Å². The molecule has 2 aromatic heterocycles. The van der Waals surface area contributed by atoms with E-state index in [9.17, 15) is 8.42 Å². The van der Waals surface area contributed by atoms with Crippen LogP contribution in [0.4, 0.5) is 5.69 Å². The summed E-state index contributed by atoms with van der Waals surface area (Å²) in [5, 5.41) is 12.6. The number of sulfonamides is 1. The van der Waals surface area contributed by atoms with Gasteiger partial charge in [0.05, 0.1) is 10.6 Å². The highest BCUT2D eigenvalue weighted by Gasteiger charge is 2.19. The summed E-state index contributed by atoms with van der Waals surface area (Å²) in [4.78, 5) is 9.58. The summed E-state index contributed by atoms with van der Waals surface area (Å²) in [7, 11) is -3.64. The quantitative estimate of drug-likeness (QED) is 0.687. The Morgan fingerprint density at radius 1 is 1.04 bits per heavy atom. The van der Waals surface area contributed by atoms with Gasteiger partial charge in [0, 0.05) is 54.7 Å². The zero-order valence-corrected chi connectivity index (χ0v) is 17.1. The number of hydrogen-bond acceptors (Lipinski definition) is 7.